The number of ether oxygens (including phenoxy) is 2. The van der Waals surface area contributed by atoms with Crippen LogP contribution in [0.1, 0.15) is 13.8 Å². The lowest BCUT2D eigenvalue weighted by Crippen LogP contribution is -1.99. The lowest BCUT2D eigenvalue weighted by atomic mass is 10.1. The summed E-state index contributed by atoms with van der Waals surface area (Å²) in [5.74, 6) is 1.71. The number of hydrogen-bond acceptors (Lipinski definition) is 3. The number of nitrogen functional groups attached to an aromatic ring is 1. The lowest BCUT2D eigenvalue weighted by molar-refractivity contribution is 0.340. The number of aryl methyl sites for hydroxylation is 1. The molecule has 4 heteroatoms. The Balaban J connectivity index is 2.17. The molecule has 0 bridgehead atoms. The molecule has 0 amide bonds. The molecule has 4 nitrogen and oxygen atoms in total. The van der Waals surface area contributed by atoms with E-state index in [0.29, 0.717) is 6.61 Å². The van der Waals surface area contributed by atoms with Gasteiger partial charge in [-0.25, -0.2) is 0 Å². The maximum absolute atomic E-state index is 6.44. The highest BCUT2D eigenvalue weighted by molar-refractivity contribution is 6.01. The molecule has 1 heterocycles. The number of methoxy groups -OCH3 is 1. The Labute approximate surface area is 136 Å². The van der Waals surface area contributed by atoms with E-state index in [0.717, 1.165) is 45.9 Å². The molecule has 0 aliphatic rings. The quantitative estimate of drug-likeness (QED) is 0.763. The summed E-state index contributed by atoms with van der Waals surface area (Å²) in [5, 5.41) is 1.05. The maximum Gasteiger partial charge on any atom is 0.120 e. The third kappa shape index (κ3) is 2.61. The van der Waals surface area contributed by atoms with E-state index in [1.807, 2.05) is 37.3 Å². The van der Waals surface area contributed by atoms with Gasteiger partial charge in [-0.15, -0.1) is 0 Å². The highest BCUT2D eigenvalue weighted by Crippen LogP contribution is 2.38. The minimum Gasteiger partial charge on any atom is -0.497 e. The molecule has 1 aromatic heterocycles. The molecule has 0 aliphatic carbocycles. The standard InChI is InChI=1S/C19H22N2O2/c1-4-21-17-12-15(22-3)10-11-16(17)18(20)19(21)13-6-8-14(9-7-13)23-5-2/h6-12H,4-5,20H2,1-3H3. The van der Waals surface area contributed by atoms with Crippen LogP contribution in [0.25, 0.3) is 22.2 Å². The SMILES string of the molecule is CCOc1ccc(-c2c(N)c3ccc(OC)cc3n2CC)cc1. The van der Waals surface area contributed by atoms with Gasteiger partial charge in [-0.05, 0) is 50.2 Å². The molecule has 120 valence electrons. The number of rotatable bonds is 5. The van der Waals surface area contributed by atoms with Gasteiger partial charge >= 0.3 is 0 Å². The van der Waals surface area contributed by atoms with Crippen molar-refractivity contribution in [3.63, 3.8) is 0 Å². The molecule has 0 radical (unpaired) electrons. The van der Waals surface area contributed by atoms with Crippen molar-refractivity contribution in [3.05, 3.63) is 42.5 Å². The second kappa shape index (κ2) is 6.24. The van der Waals surface area contributed by atoms with Crippen molar-refractivity contribution in [2.75, 3.05) is 19.5 Å². The smallest absolute Gasteiger partial charge is 0.120 e. The minimum atomic E-state index is 0.663. The number of anilines is 1. The average molecular weight is 310 g/mol. The molecule has 2 N–H and O–H groups in total. The van der Waals surface area contributed by atoms with Gasteiger partial charge in [-0.3, -0.25) is 0 Å². The Morgan fingerprint density at radius 3 is 2.30 bits per heavy atom. The molecule has 23 heavy (non-hydrogen) atoms. The highest BCUT2D eigenvalue weighted by atomic mass is 16.5. The summed E-state index contributed by atoms with van der Waals surface area (Å²) in [6.45, 7) is 5.60. The van der Waals surface area contributed by atoms with Crippen molar-refractivity contribution >= 4 is 16.6 Å². The lowest BCUT2D eigenvalue weighted by Gasteiger charge is -2.10. The molecule has 0 unspecified atom stereocenters. The van der Waals surface area contributed by atoms with Crippen LogP contribution in [-0.2, 0) is 6.54 Å². The third-order valence-corrected chi connectivity index (χ3v) is 4.07. The molecule has 0 atom stereocenters. The molecule has 0 saturated heterocycles. The largest absolute Gasteiger partial charge is 0.497 e. The van der Waals surface area contributed by atoms with Crippen LogP contribution in [-0.4, -0.2) is 18.3 Å². The molecule has 0 fully saturated rings. The fraction of sp³-hybridized carbons (Fsp3) is 0.263. The van der Waals surface area contributed by atoms with Crippen molar-refractivity contribution < 1.29 is 9.47 Å². The van der Waals surface area contributed by atoms with Gasteiger partial charge in [0.25, 0.3) is 0 Å². The van der Waals surface area contributed by atoms with Crippen LogP contribution in [0.5, 0.6) is 11.5 Å². The molecular formula is C19H22N2O2. The summed E-state index contributed by atoms with van der Waals surface area (Å²) in [5.41, 5.74) is 10.5. The number of fused-ring (bicyclic) bond motifs is 1. The number of hydrogen-bond donors (Lipinski definition) is 1. The third-order valence-electron chi connectivity index (χ3n) is 4.07. The van der Waals surface area contributed by atoms with Crippen molar-refractivity contribution in [2.24, 2.45) is 0 Å². The molecule has 0 spiro atoms. The van der Waals surface area contributed by atoms with E-state index >= 15 is 0 Å². The Morgan fingerprint density at radius 1 is 1.00 bits per heavy atom. The van der Waals surface area contributed by atoms with Crippen LogP contribution in [0.2, 0.25) is 0 Å². The first-order chi connectivity index (χ1) is 11.2. The van der Waals surface area contributed by atoms with Gasteiger partial charge in [0.05, 0.1) is 30.6 Å². The minimum absolute atomic E-state index is 0.663. The van der Waals surface area contributed by atoms with Crippen LogP contribution in [0.4, 0.5) is 5.69 Å². The van der Waals surface area contributed by atoms with E-state index in [4.69, 9.17) is 15.2 Å². The van der Waals surface area contributed by atoms with E-state index in [9.17, 15) is 0 Å². The Hall–Kier alpha value is -2.62. The molecule has 3 aromatic rings. The summed E-state index contributed by atoms with van der Waals surface area (Å²) >= 11 is 0. The first-order valence-corrected chi connectivity index (χ1v) is 7.88. The van der Waals surface area contributed by atoms with E-state index in [-0.39, 0.29) is 0 Å². The molecular weight excluding hydrogens is 288 g/mol. The first kappa shape index (κ1) is 15.3. The van der Waals surface area contributed by atoms with Crippen molar-refractivity contribution in [3.8, 4) is 22.8 Å². The zero-order chi connectivity index (χ0) is 16.4. The van der Waals surface area contributed by atoms with Gasteiger partial charge in [0.2, 0.25) is 0 Å². The molecule has 2 aromatic carbocycles. The van der Waals surface area contributed by atoms with E-state index in [2.05, 4.69) is 23.6 Å². The normalized spacial score (nSPS) is 10.9. The second-order valence-corrected chi connectivity index (χ2v) is 5.35. The summed E-state index contributed by atoms with van der Waals surface area (Å²) in [6, 6.07) is 14.1. The van der Waals surface area contributed by atoms with Crippen molar-refractivity contribution in [1.82, 2.24) is 4.57 Å². The van der Waals surface area contributed by atoms with E-state index < -0.39 is 0 Å². The highest BCUT2D eigenvalue weighted by Gasteiger charge is 2.16. The molecule has 3 rings (SSSR count). The Bertz CT molecular complexity index is 819. The van der Waals surface area contributed by atoms with Crippen molar-refractivity contribution in [2.45, 2.75) is 20.4 Å². The van der Waals surface area contributed by atoms with Gasteiger partial charge in [0.15, 0.2) is 0 Å². The fourth-order valence-electron chi connectivity index (χ4n) is 3.00. The average Bonchev–Trinajstić information content (AvgIpc) is 2.87. The summed E-state index contributed by atoms with van der Waals surface area (Å²) in [6.07, 6.45) is 0. The topological polar surface area (TPSA) is 49.4 Å². The van der Waals surface area contributed by atoms with Crippen LogP contribution >= 0.6 is 0 Å². The predicted molar refractivity (Wildman–Crippen MR) is 95.2 cm³/mol. The predicted octanol–water partition coefficient (Wildman–Crippen LogP) is 4.32. The van der Waals surface area contributed by atoms with Crippen LogP contribution < -0.4 is 15.2 Å². The summed E-state index contributed by atoms with van der Waals surface area (Å²) in [4.78, 5) is 0. The van der Waals surface area contributed by atoms with Crippen LogP contribution in [0.15, 0.2) is 42.5 Å². The Morgan fingerprint density at radius 2 is 1.70 bits per heavy atom. The Kier molecular flexibility index (Phi) is 4.15. The molecule has 0 saturated carbocycles. The number of nitrogens with two attached hydrogens (primary N) is 1. The zero-order valence-corrected chi connectivity index (χ0v) is 13.8. The van der Waals surface area contributed by atoms with E-state index in [1.165, 1.54) is 0 Å². The zero-order valence-electron chi connectivity index (χ0n) is 13.8. The first-order valence-electron chi connectivity index (χ1n) is 7.88. The van der Waals surface area contributed by atoms with Gasteiger partial charge in [-0.1, -0.05) is 0 Å². The number of nitrogens with zero attached hydrogens (tertiary/aromatic N) is 1. The van der Waals surface area contributed by atoms with Gasteiger partial charge in [0.1, 0.15) is 11.5 Å². The van der Waals surface area contributed by atoms with Crippen LogP contribution in [0.3, 0.4) is 0 Å². The fourth-order valence-corrected chi connectivity index (χ4v) is 3.00. The maximum atomic E-state index is 6.44. The van der Waals surface area contributed by atoms with Gasteiger partial charge in [0, 0.05) is 23.6 Å². The number of benzene rings is 2. The monoisotopic (exact) mass is 310 g/mol. The molecule has 0 aliphatic heterocycles. The summed E-state index contributed by atoms with van der Waals surface area (Å²) < 4.78 is 13.1. The summed E-state index contributed by atoms with van der Waals surface area (Å²) in [7, 11) is 1.68. The second-order valence-electron chi connectivity index (χ2n) is 5.35. The van der Waals surface area contributed by atoms with Crippen LogP contribution in [0, 0.1) is 0 Å². The van der Waals surface area contributed by atoms with Crippen molar-refractivity contribution in [1.29, 1.82) is 0 Å². The van der Waals surface area contributed by atoms with Gasteiger partial charge < -0.3 is 19.8 Å². The van der Waals surface area contributed by atoms with Gasteiger partial charge in [-0.2, -0.15) is 0 Å². The van der Waals surface area contributed by atoms with E-state index in [1.54, 1.807) is 7.11 Å². The number of aromatic nitrogens is 1.